The van der Waals surface area contributed by atoms with Crippen molar-refractivity contribution in [2.24, 2.45) is 10.9 Å². The number of hydrogen-bond acceptors (Lipinski definition) is 4. The number of alkyl halides is 3. The third-order valence-corrected chi connectivity index (χ3v) is 2.87. The number of aliphatic hydroxyl groups is 1. The van der Waals surface area contributed by atoms with Crippen LogP contribution in [0, 0.1) is 5.92 Å². The second-order valence-corrected chi connectivity index (χ2v) is 4.25. The van der Waals surface area contributed by atoms with Crippen LogP contribution in [-0.2, 0) is 9.59 Å². The second kappa shape index (κ2) is 4.68. The van der Waals surface area contributed by atoms with Gasteiger partial charge in [-0.15, -0.1) is 0 Å². The molecule has 0 aromatic carbocycles. The Balaban J connectivity index is 2.94. The fraction of sp³-hybridized carbons (Fsp3) is 0.700. The number of carboxylic acids is 1. The van der Waals surface area contributed by atoms with Crippen molar-refractivity contribution in [3.8, 4) is 0 Å². The highest BCUT2D eigenvalue weighted by Crippen LogP contribution is 2.35. The summed E-state index contributed by atoms with van der Waals surface area (Å²) in [7, 11) is 0. The molecule has 0 bridgehead atoms. The van der Waals surface area contributed by atoms with E-state index in [4.69, 9.17) is 5.11 Å². The van der Waals surface area contributed by atoms with Gasteiger partial charge in [-0.3, -0.25) is 14.6 Å². The Morgan fingerprint density at radius 1 is 1.50 bits per heavy atom. The fourth-order valence-electron chi connectivity index (χ4n) is 1.98. The molecule has 0 amide bonds. The van der Waals surface area contributed by atoms with Crippen molar-refractivity contribution in [2.75, 3.05) is 6.54 Å². The highest BCUT2D eigenvalue weighted by Gasteiger charge is 2.55. The van der Waals surface area contributed by atoms with Crippen molar-refractivity contribution in [1.82, 2.24) is 0 Å². The molecule has 0 saturated heterocycles. The Morgan fingerprint density at radius 3 is 2.50 bits per heavy atom. The van der Waals surface area contributed by atoms with Gasteiger partial charge in [0.2, 0.25) is 5.78 Å². The van der Waals surface area contributed by atoms with E-state index in [-0.39, 0.29) is 5.71 Å². The summed E-state index contributed by atoms with van der Waals surface area (Å²) in [6, 6.07) is 0. The maximum absolute atomic E-state index is 12.4. The van der Waals surface area contributed by atoms with Gasteiger partial charge in [-0.2, -0.15) is 13.2 Å². The summed E-state index contributed by atoms with van der Waals surface area (Å²) in [5.41, 5.74) is -2.18. The number of hydrogen-bond donors (Lipinski definition) is 2. The first-order valence-electron chi connectivity index (χ1n) is 5.14. The topological polar surface area (TPSA) is 87.0 Å². The summed E-state index contributed by atoms with van der Waals surface area (Å²) in [6.07, 6.45) is -6.06. The van der Waals surface area contributed by atoms with Gasteiger partial charge in [-0.25, -0.2) is 0 Å². The standard InChI is InChI=1S/C10H12F3NO4/c1-5-7(8(17)10(11,12)13)9(18,4-14-5)3-2-6(15)16/h7,18H,2-4H2,1H3,(H,15,16). The Bertz CT molecular complexity index is 404. The Hall–Kier alpha value is -1.44. The molecular formula is C10H12F3NO4. The minimum Gasteiger partial charge on any atom is -0.481 e. The average Bonchev–Trinajstić information content (AvgIpc) is 2.50. The lowest BCUT2D eigenvalue weighted by molar-refractivity contribution is -0.179. The molecule has 8 heteroatoms. The number of nitrogens with zero attached hydrogens (tertiary/aromatic N) is 1. The Kier molecular flexibility index (Phi) is 3.80. The van der Waals surface area contributed by atoms with E-state index in [1.165, 1.54) is 6.92 Å². The molecule has 1 aliphatic heterocycles. The first-order valence-corrected chi connectivity index (χ1v) is 5.14. The van der Waals surface area contributed by atoms with Crippen molar-refractivity contribution in [3.05, 3.63) is 0 Å². The summed E-state index contributed by atoms with van der Waals surface area (Å²) in [5.74, 6) is -5.16. The molecule has 2 atom stereocenters. The number of halogens is 3. The van der Waals surface area contributed by atoms with Crippen LogP contribution in [-0.4, -0.2) is 46.0 Å². The number of aliphatic imine (C=N–C) groups is 1. The predicted octanol–water partition coefficient (Wildman–Crippen LogP) is 0.804. The number of carbonyl (C=O) groups excluding carboxylic acids is 1. The van der Waals surface area contributed by atoms with Gasteiger partial charge in [0.25, 0.3) is 0 Å². The zero-order valence-corrected chi connectivity index (χ0v) is 9.49. The molecule has 0 fully saturated rings. The molecule has 2 unspecified atom stereocenters. The van der Waals surface area contributed by atoms with Gasteiger partial charge in [0.15, 0.2) is 0 Å². The lowest BCUT2D eigenvalue weighted by Crippen LogP contribution is -2.48. The molecule has 1 aliphatic rings. The van der Waals surface area contributed by atoms with Crippen LogP contribution in [0.5, 0.6) is 0 Å². The van der Waals surface area contributed by atoms with Gasteiger partial charge < -0.3 is 10.2 Å². The lowest BCUT2D eigenvalue weighted by atomic mass is 9.80. The van der Waals surface area contributed by atoms with Gasteiger partial charge in [0.1, 0.15) is 0 Å². The molecule has 0 aromatic rings. The first-order chi connectivity index (χ1) is 8.08. The quantitative estimate of drug-likeness (QED) is 0.788. The number of rotatable bonds is 4. The molecule has 0 aromatic heterocycles. The summed E-state index contributed by atoms with van der Waals surface area (Å²) in [5, 5.41) is 18.5. The van der Waals surface area contributed by atoms with E-state index in [1.54, 1.807) is 0 Å². The third kappa shape index (κ3) is 2.87. The maximum atomic E-state index is 12.4. The largest absolute Gasteiger partial charge is 0.481 e. The minimum absolute atomic E-state index is 0.120. The van der Waals surface area contributed by atoms with Crippen LogP contribution in [0.3, 0.4) is 0 Å². The predicted molar refractivity (Wildman–Crippen MR) is 54.3 cm³/mol. The SMILES string of the molecule is CC1=NCC(O)(CCC(=O)O)C1C(=O)C(F)(F)F. The third-order valence-electron chi connectivity index (χ3n) is 2.87. The van der Waals surface area contributed by atoms with E-state index < -0.39 is 48.8 Å². The van der Waals surface area contributed by atoms with Crippen molar-refractivity contribution >= 4 is 17.5 Å². The van der Waals surface area contributed by atoms with E-state index in [2.05, 4.69) is 4.99 Å². The molecular weight excluding hydrogens is 255 g/mol. The zero-order valence-electron chi connectivity index (χ0n) is 9.49. The van der Waals surface area contributed by atoms with Crippen LogP contribution in [0.25, 0.3) is 0 Å². The van der Waals surface area contributed by atoms with E-state index in [9.17, 15) is 27.9 Å². The summed E-state index contributed by atoms with van der Waals surface area (Å²) < 4.78 is 37.2. The van der Waals surface area contributed by atoms with Crippen LogP contribution < -0.4 is 0 Å². The van der Waals surface area contributed by atoms with Gasteiger partial charge in [0.05, 0.1) is 18.1 Å². The number of carbonyl (C=O) groups is 2. The highest BCUT2D eigenvalue weighted by molar-refractivity contribution is 6.08. The molecule has 1 heterocycles. The van der Waals surface area contributed by atoms with Crippen LogP contribution in [0.4, 0.5) is 13.2 Å². The van der Waals surface area contributed by atoms with Gasteiger partial charge in [-0.1, -0.05) is 0 Å². The van der Waals surface area contributed by atoms with Crippen molar-refractivity contribution < 1.29 is 33.0 Å². The van der Waals surface area contributed by atoms with E-state index in [1.807, 2.05) is 0 Å². The Morgan fingerprint density at radius 2 is 2.06 bits per heavy atom. The lowest BCUT2D eigenvalue weighted by Gasteiger charge is -2.28. The zero-order chi connectivity index (χ0) is 14.1. The summed E-state index contributed by atoms with van der Waals surface area (Å²) in [4.78, 5) is 25.3. The Labute approximate surface area is 100 Å². The minimum atomic E-state index is -5.08. The molecule has 18 heavy (non-hydrogen) atoms. The second-order valence-electron chi connectivity index (χ2n) is 4.25. The summed E-state index contributed by atoms with van der Waals surface area (Å²) in [6.45, 7) is 0.825. The summed E-state index contributed by atoms with van der Waals surface area (Å²) >= 11 is 0. The van der Waals surface area contributed by atoms with Gasteiger partial charge in [0, 0.05) is 12.1 Å². The smallest absolute Gasteiger partial charge is 0.450 e. The molecule has 0 saturated carbocycles. The van der Waals surface area contributed by atoms with Crippen LogP contribution in [0.1, 0.15) is 19.8 Å². The molecule has 1 rings (SSSR count). The van der Waals surface area contributed by atoms with Crippen molar-refractivity contribution in [2.45, 2.75) is 31.5 Å². The fourth-order valence-corrected chi connectivity index (χ4v) is 1.98. The highest BCUT2D eigenvalue weighted by atomic mass is 19.4. The van der Waals surface area contributed by atoms with Gasteiger partial charge in [-0.05, 0) is 13.3 Å². The molecule has 5 nitrogen and oxygen atoms in total. The van der Waals surface area contributed by atoms with Crippen molar-refractivity contribution in [3.63, 3.8) is 0 Å². The van der Waals surface area contributed by atoms with Gasteiger partial charge >= 0.3 is 12.1 Å². The number of aliphatic carboxylic acids is 1. The first kappa shape index (κ1) is 14.6. The molecule has 0 spiro atoms. The average molecular weight is 267 g/mol. The molecule has 102 valence electrons. The van der Waals surface area contributed by atoms with E-state index in [0.29, 0.717) is 0 Å². The van der Waals surface area contributed by atoms with Crippen LogP contribution in [0.2, 0.25) is 0 Å². The van der Waals surface area contributed by atoms with E-state index >= 15 is 0 Å². The van der Waals surface area contributed by atoms with E-state index in [0.717, 1.165) is 0 Å². The number of Topliss-reactive ketones (excluding diaryl/α,β-unsaturated/α-hetero) is 1. The number of ketones is 1. The van der Waals surface area contributed by atoms with Crippen molar-refractivity contribution in [1.29, 1.82) is 0 Å². The van der Waals surface area contributed by atoms with Crippen LogP contribution in [0.15, 0.2) is 4.99 Å². The van der Waals surface area contributed by atoms with Crippen LogP contribution >= 0.6 is 0 Å². The molecule has 2 N–H and O–H groups in total. The molecule has 0 aliphatic carbocycles. The normalized spacial score (nSPS) is 28.1. The molecule has 0 radical (unpaired) electrons. The maximum Gasteiger partial charge on any atom is 0.450 e. The number of carboxylic acid groups (broad SMARTS) is 1. The monoisotopic (exact) mass is 267 g/mol.